The van der Waals surface area contributed by atoms with E-state index in [0.29, 0.717) is 11.8 Å². The fourth-order valence-electron chi connectivity index (χ4n) is 7.97. The zero-order valence-electron chi connectivity index (χ0n) is 18.6. The molecule has 6 atom stereocenters. The minimum absolute atomic E-state index is 0.158. The van der Waals surface area contributed by atoms with Gasteiger partial charge in [0.15, 0.2) is 0 Å². The molecule has 1 aromatic heterocycles. The Hall–Kier alpha value is -1.68. The molecule has 0 radical (unpaired) electrons. The van der Waals surface area contributed by atoms with Gasteiger partial charge in [0, 0.05) is 23.7 Å². The fourth-order valence-corrected chi connectivity index (χ4v) is 7.97. The summed E-state index contributed by atoms with van der Waals surface area (Å²) in [5.41, 5.74) is 3.03. The van der Waals surface area contributed by atoms with Gasteiger partial charge in [0.05, 0.1) is 11.9 Å². The number of aliphatic imine (C=N–C) groups is 1. The first kappa shape index (κ1) is 20.2. The van der Waals surface area contributed by atoms with Crippen molar-refractivity contribution >= 4 is 5.71 Å². The lowest BCUT2D eigenvalue weighted by molar-refractivity contribution is -0.176. The molecule has 0 amide bonds. The van der Waals surface area contributed by atoms with Crippen LogP contribution in [0, 0.1) is 22.7 Å². The second-order valence-electron chi connectivity index (χ2n) is 10.7. The maximum atomic E-state index is 12.3. The molecule has 4 nitrogen and oxygen atoms in total. The molecule has 4 aliphatic rings. The van der Waals surface area contributed by atoms with Crippen LogP contribution in [0.1, 0.15) is 83.6 Å². The predicted octanol–water partition coefficient (Wildman–Crippen LogP) is 5.26. The van der Waals surface area contributed by atoms with Crippen molar-refractivity contribution in [3.8, 4) is 0 Å². The predicted molar refractivity (Wildman–Crippen MR) is 119 cm³/mol. The number of hydrogen-bond acceptors (Lipinski definition) is 4. The van der Waals surface area contributed by atoms with Crippen molar-refractivity contribution < 1.29 is 9.52 Å². The highest BCUT2D eigenvalue weighted by Crippen LogP contribution is 2.69. The van der Waals surface area contributed by atoms with Crippen LogP contribution in [0.25, 0.3) is 0 Å². The summed E-state index contributed by atoms with van der Waals surface area (Å²) >= 11 is 0. The van der Waals surface area contributed by atoms with E-state index in [2.05, 4.69) is 26.8 Å². The largest absolute Gasteiger partial charge is 0.431 e. The van der Waals surface area contributed by atoms with Crippen LogP contribution in [0.3, 0.4) is 0 Å². The van der Waals surface area contributed by atoms with E-state index >= 15 is 0 Å². The Labute approximate surface area is 179 Å². The molecular weight excluding hydrogens is 374 g/mol. The number of hydrogen-bond donors (Lipinski definition) is 1. The normalized spacial score (nSPS) is 44.2. The van der Waals surface area contributed by atoms with Crippen LogP contribution in [0.5, 0.6) is 0 Å². The van der Waals surface area contributed by atoms with Gasteiger partial charge < -0.3 is 9.52 Å². The van der Waals surface area contributed by atoms with Gasteiger partial charge in [-0.3, -0.25) is 4.99 Å². The van der Waals surface area contributed by atoms with Gasteiger partial charge in [-0.05, 0) is 99.2 Å². The molecule has 2 unspecified atom stereocenters. The van der Waals surface area contributed by atoms with Gasteiger partial charge in [0.1, 0.15) is 0 Å². The van der Waals surface area contributed by atoms with E-state index in [9.17, 15) is 9.90 Å². The van der Waals surface area contributed by atoms with Gasteiger partial charge in [0.25, 0.3) is 0 Å². The van der Waals surface area contributed by atoms with Crippen LogP contribution in [0.15, 0.2) is 44.2 Å². The third-order valence-electron chi connectivity index (χ3n) is 9.65. The Bertz CT molecular complexity index is 941. The quantitative estimate of drug-likeness (QED) is 0.724. The SMILES string of the molecule is CCN=C1C=C2CCC3C(CC[C@]4(C)[C@@H](c5ccc(=O)oc5)CC[C@]34O)[C@@]2(C)CC1. The smallest absolute Gasteiger partial charge is 0.335 e. The van der Waals surface area contributed by atoms with Crippen molar-refractivity contribution in [1.82, 2.24) is 0 Å². The summed E-state index contributed by atoms with van der Waals surface area (Å²) in [6.07, 6.45) is 12.5. The molecule has 0 bridgehead atoms. The summed E-state index contributed by atoms with van der Waals surface area (Å²) in [6, 6.07) is 3.44. The average molecular weight is 410 g/mol. The topological polar surface area (TPSA) is 62.8 Å². The lowest BCUT2D eigenvalue weighted by atomic mass is 9.45. The minimum atomic E-state index is -0.636. The second kappa shape index (κ2) is 6.91. The standard InChI is InChI=1S/C26H35NO3/c1-4-27-19-9-12-24(2)18(15-19)6-7-22-21(24)10-13-25(3)20(11-14-26(22,25)29)17-5-8-23(28)30-16-17/h5,8,15-16,20-22,29H,4,6-7,9-14H2,1-3H3/t20-,21?,22?,24+,25-,26+/m1/s1. The van der Waals surface area contributed by atoms with Gasteiger partial charge in [-0.1, -0.05) is 19.4 Å². The number of aliphatic hydroxyl groups is 1. The summed E-state index contributed by atoms with van der Waals surface area (Å²) in [6.45, 7) is 7.73. The molecule has 162 valence electrons. The molecule has 1 aromatic rings. The second-order valence-corrected chi connectivity index (χ2v) is 10.7. The van der Waals surface area contributed by atoms with E-state index in [4.69, 9.17) is 9.41 Å². The Balaban J connectivity index is 1.49. The highest BCUT2D eigenvalue weighted by Gasteiger charge is 2.66. The summed E-state index contributed by atoms with van der Waals surface area (Å²) in [4.78, 5) is 16.2. The molecule has 1 N–H and O–H groups in total. The Kier molecular flexibility index (Phi) is 4.66. The zero-order valence-corrected chi connectivity index (χ0v) is 18.6. The van der Waals surface area contributed by atoms with E-state index < -0.39 is 5.60 Å². The lowest BCUT2D eigenvalue weighted by Gasteiger charge is -2.61. The summed E-state index contributed by atoms with van der Waals surface area (Å²) in [5.74, 6) is 1.15. The van der Waals surface area contributed by atoms with Crippen LogP contribution in [0.4, 0.5) is 0 Å². The van der Waals surface area contributed by atoms with Crippen LogP contribution in [-0.4, -0.2) is 23.0 Å². The Morgan fingerprint density at radius 2 is 1.93 bits per heavy atom. The average Bonchev–Trinajstić information content (AvgIpc) is 3.01. The molecule has 0 aliphatic heterocycles. The van der Waals surface area contributed by atoms with E-state index in [1.807, 2.05) is 6.07 Å². The summed E-state index contributed by atoms with van der Waals surface area (Å²) in [7, 11) is 0. The maximum Gasteiger partial charge on any atom is 0.335 e. The first-order valence-corrected chi connectivity index (χ1v) is 11.9. The maximum absolute atomic E-state index is 12.3. The van der Waals surface area contributed by atoms with Crippen molar-refractivity contribution in [2.24, 2.45) is 27.7 Å². The molecule has 4 aliphatic carbocycles. The van der Waals surface area contributed by atoms with Gasteiger partial charge in [0.2, 0.25) is 0 Å². The van der Waals surface area contributed by atoms with Crippen molar-refractivity contribution in [3.63, 3.8) is 0 Å². The monoisotopic (exact) mass is 409 g/mol. The van der Waals surface area contributed by atoms with Gasteiger partial charge in [-0.15, -0.1) is 0 Å². The van der Waals surface area contributed by atoms with E-state index in [-0.39, 0.29) is 22.4 Å². The molecular formula is C26H35NO3. The third-order valence-corrected chi connectivity index (χ3v) is 9.65. The highest BCUT2D eigenvalue weighted by atomic mass is 16.4. The van der Waals surface area contributed by atoms with E-state index in [1.165, 1.54) is 24.6 Å². The van der Waals surface area contributed by atoms with Crippen molar-refractivity contribution in [2.75, 3.05) is 6.54 Å². The van der Waals surface area contributed by atoms with Crippen LogP contribution >= 0.6 is 0 Å². The van der Waals surface area contributed by atoms with Crippen molar-refractivity contribution in [1.29, 1.82) is 0 Å². The van der Waals surface area contributed by atoms with Gasteiger partial charge in [-0.25, -0.2) is 4.79 Å². The van der Waals surface area contributed by atoms with Gasteiger partial charge in [-0.2, -0.15) is 0 Å². The Morgan fingerprint density at radius 1 is 1.10 bits per heavy atom. The lowest BCUT2D eigenvalue weighted by Crippen LogP contribution is -2.60. The molecule has 4 heteroatoms. The summed E-state index contributed by atoms with van der Waals surface area (Å²) < 4.78 is 5.20. The molecule has 0 spiro atoms. The third kappa shape index (κ3) is 2.68. The molecule has 0 saturated heterocycles. The summed E-state index contributed by atoms with van der Waals surface area (Å²) in [5, 5.41) is 12.3. The minimum Gasteiger partial charge on any atom is -0.431 e. The van der Waals surface area contributed by atoms with Crippen LogP contribution < -0.4 is 5.63 Å². The number of allylic oxidation sites excluding steroid dienone is 2. The number of fused-ring (bicyclic) bond motifs is 5. The first-order chi connectivity index (χ1) is 14.3. The van der Waals surface area contributed by atoms with Gasteiger partial charge >= 0.3 is 5.63 Å². The molecule has 30 heavy (non-hydrogen) atoms. The fraction of sp³-hybridized carbons (Fsp3) is 0.692. The highest BCUT2D eigenvalue weighted by molar-refractivity contribution is 5.96. The van der Waals surface area contributed by atoms with Crippen molar-refractivity contribution in [3.05, 3.63) is 46.0 Å². The Morgan fingerprint density at radius 3 is 2.67 bits per heavy atom. The van der Waals surface area contributed by atoms with E-state index in [1.54, 1.807) is 11.8 Å². The van der Waals surface area contributed by atoms with Crippen LogP contribution in [0.2, 0.25) is 0 Å². The number of nitrogens with zero attached hydrogens (tertiary/aromatic N) is 1. The molecule has 5 rings (SSSR count). The van der Waals surface area contributed by atoms with Crippen LogP contribution in [-0.2, 0) is 0 Å². The van der Waals surface area contributed by atoms with Crippen molar-refractivity contribution in [2.45, 2.75) is 83.7 Å². The van der Waals surface area contributed by atoms with E-state index in [0.717, 1.165) is 50.6 Å². The molecule has 3 saturated carbocycles. The molecule has 3 fully saturated rings. The molecule has 1 heterocycles. The first-order valence-electron chi connectivity index (χ1n) is 11.9. The number of rotatable bonds is 2. The zero-order chi connectivity index (χ0) is 21.1. The molecule has 0 aromatic carbocycles.